The molecule has 0 aliphatic heterocycles. The van der Waals surface area contributed by atoms with Gasteiger partial charge < -0.3 is 0 Å². The van der Waals surface area contributed by atoms with Crippen LogP contribution in [0, 0.1) is 134 Å². The Morgan fingerprint density at radius 2 is 0.375 bits per heavy atom. The molecular weight excluding hydrogens is 832 g/mol. The van der Waals surface area contributed by atoms with Crippen LogP contribution < -0.4 is 21.9 Å². The van der Waals surface area contributed by atoms with E-state index in [4.69, 9.17) is 0 Å². The van der Waals surface area contributed by atoms with Gasteiger partial charge in [-0.1, -0.05) is 0 Å². The fourth-order valence-corrected chi connectivity index (χ4v) is 6.61. The van der Waals surface area contributed by atoms with Crippen LogP contribution >= 0.6 is 0 Å². The van der Waals surface area contributed by atoms with Gasteiger partial charge in [0.1, 0.15) is 52.7 Å². The molecule has 0 aromatic heterocycles. The summed E-state index contributed by atoms with van der Waals surface area (Å²) in [6.07, 6.45) is -7.42. The van der Waals surface area contributed by atoms with Gasteiger partial charge in [0.05, 0.1) is 21.5 Å². The lowest BCUT2D eigenvalue weighted by Gasteiger charge is -2.45. The molecule has 0 aliphatic rings. The van der Waals surface area contributed by atoms with Gasteiger partial charge in [-0.25, -0.2) is 101 Å². The van der Waals surface area contributed by atoms with Crippen molar-refractivity contribution < 1.29 is 101 Å². The first-order valence-corrected chi connectivity index (χ1v) is 14.1. The minimum absolute atomic E-state index is 0.963. The second-order valence-electron chi connectivity index (χ2n) is 11.5. The van der Waals surface area contributed by atoms with Crippen LogP contribution in [0.25, 0.3) is 21.5 Å². The smallest absolute Gasteiger partial charge is 0.200 e. The third kappa shape index (κ3) is 4.78. The van der Waals surface area contributed by atoms with E-state index >= 15 is 52.7 Å². The quantitative estimate of drug-likeness (QED) is 0.0724. The zero-order valence-corrected chi connectivity index (χ0v) is 25.3. The largest absolute Gasteiger partial charge is 0.210 e. The van der Waals surface area contributed by atoms with E-state index in [1.54, 1.807) is 0 Å². The predicted octanol–water partition coefficient (Wildman–Crippen LogP) is 8.57. The molecule has 0 bridgehead atoms. The van der Waals surface area contributed by atoms with Gasteiger partial charge in [0.2, 0.25) is 0 Å². The molecule has 24 heteroatoms. The second-order valence-corrected chi connectivity index (χ2v) is 11.5. The summed E-state index contributed by atoms with van der Waals surface area (Å²) in [5.41, 5.74) is -14.5. The van der Waals surface area contributed by atoms with Gasteiger partial charge in [-0.2, -0.15) is 0 Å². The summed E-state index contributed by atoms with van der Waals surface area (Å²) < 4.78 is 353. The van der Waals surface area contributed by atoms with Crippen molar-refractivity contribution in [1.82, 2.24) is 0 Å². The van der Waals surface area contributed by atoms with Gasteiger partial charge in [-0.3, -0.25) is 0 Å². The summed E-state index contributed by atoms with van der Waals surface area (Å²) >= 11 is 0. The molecule has 6 aromatic rings. The van der Waals surface area contributed by atoms with Gasteiger partial charge in [-0.15, -0.1) is 21.9 Å². The Labute approximate surface area is 290 Å². The van der Waals surface area contributed by atoms with Crippen molar-refractivity contribution in [3.05, 3.63) is 140 Å². The zero-order chi connectivity index (χ0) is 42.1. The molecule has 0 unspecified atom stereocenters. The lowest BCUT2D eigenvalue weighted by atomic mass is 9.12. The number of halogens is 23. The first kappa shape index (κ1) is 40.0. The fourth-order valence-electron chi connectivity index (χ4n) is 6.61. The Balaban J connectivity index is 2.19. The van der Waals surface area contributed by atoms with Crippen LogP contribution in [0.3, 0.4) is 0 Å². The van der Waals surface area contributed by atoms with Crippen molar-refractivity contribution in [1.29, 1.82) is 0 Å². The van der Waals surface area contributed by atoms with E-state index in [0.29, 0.717) is 0 Å². The van der Waals surface area contributed by atoms with E-state index in [0.717, 1.165) is 0 Å². The van der Waals surface area contributed by atoms with Crippen molar-refractivity contribution >= 4 is 49.5 Å². The molecule has 0 amide bonds. The Morgan fingerprint density at radius 3 is 0.679 bits per heavy atom. The summed E-state index contributed by atoms with van der Waals surface area (Å²) in [5, 5.41) is -11.6. The number of hydrogen-bond acceptors (Lipinski definition) is 0. The maximum Gasteiger partial charge on any atom is 0.200 e. The molecule has 0 saturated heterocycles. The summed E-state index contributed by atoms with van der Waals surface area (Å²) in [5.74, 6) is -79.4. The Hall–Kier alpha value is -5.71. The van der Waals surface area contributed by atoms with E-state index in [-0.39, 0.29) is 0 Å². The normalized spacial score (nSPS) is 12.2. The Bertz CT molecular complexity index is 2620. The Kier molecular flexibility index (Phi) is 9.23. The average Bonchev–Trinajstić information content (AvgIpc) is 3.14. The lowest BCUT2D eigenvalue weighted by Crippen LogP contribution is -2.80. The summed E-state index contributed by atoms with van der Waals surface area (Å²) in [6, 6.07) is -0.963. The molecule has 0 N–H and O–H groups in total. The van der Waals surface area contributed by atoms with Crippen molar-refractivity contribution in [3.63, 3.8) is 0 Å². The molecule has 0 heterocycles. The van der Waals surface area contributed by atoms with Crippen LogP contribution in [-0.2, 0) is 0 Å². The highest BCUT2D eigenvalue weighted by Crippen LogP contribution is 2.37. The number of hydrogen-bond donors (Lipinski definition) is 0. The third-order valence-electron chi connectivity index (χ3n) is 8.87. The topological polar surface area (TPSA) is 0 Å². The summed E-state index contributed by atoms with van der Waals surface area (Å²) in [4.78, 5) is 0. The third-order valence-corrected chi connectivity index (χ3v) is 8.87. The number of fused-ring (bicyclic) bond motifs is 2. The van der Waals surface area contributed by atoms with E-state index in [1.165, 1.54) is 0 Å². The van der Waals surface area contributed by atoms with Crippen molar-refractivity contribution in [2.45, 2.75) is 0 Å². The fraction of sp³-hybridized carbons (Fsp3) is 0. The lowest BCUT2D eigenvalue weighted by molar-refractivity contribution is 0.383. The van der Waals surface area contributed by atoms with Gasteiger partial charge >= 0.3 is 0 Å². The summed E-state index contributed by atoms with van der Waals surface area (Å²) in [7, 11) is 0. The molecule has 6 aromatic carbocycles. The SMILES string of the molecule is Fc1cc(F)c(F)c([B-](c2c(F)c(F)c(F)c(F)c2F)(c2c(F)c(F)c3c(F)c(F)c(F)c(F)c3c2F)c2c(F)c(F)c3c(F)c(F)c(F)c(F)c3c2F)c1F. The van der Waals surface area contributed by atoms with Crippen LogP contribution in [0.15, 0.2) is 6.07 Å². The van der Waals surface area contributed by atoms with Gasteiger partial charge in [0.25, 0.3) is 0 Å². The zero-order valence-electron chi connectivity index (χ0n) is 25.3. The van der Waals surface area contributed by atoms with Crippen molar-refractivity contribution in [3.8, 4) is 0 Å². The molecular formula is C32HBF23-. The highest BCUT2D eigenvalue weighted by molar-refractivity contribution is 7.20. The molecule has 294 valence electrons. The highest BCUT2D eigenvalue weighted by atomic mass is 19.2. The minimum atomic E-state index is -7.42. The number of rotatable bonds is 4. The van der Waals surface area contributed by atoms with E-state index in [9.17, 15) is 48.3 Å². The maximum atomic E-state index is 16.8. The molecule has 0 saturated carbocycles. The van der Waals surface area contributed by atoms with E-state index in [1.807, 2.05) is 0 Å². The predicted molar refractivity (Wildman–Crippen MR) is 144 cm³/mol. The van der Waals surface area contributed by atoms with Crippen LogP contribution in [0.5, 0.6) is 0 Å². The second kappa shape index (κ2) is 12.9. The monoisotopic (exact) mass is 833 g/mol. The molecule has 0 radical (unpaired) electrons. The molecule has 0 aliphatic carbocycles. The molecule has 6 rings (SSSR count). The standard InChI is InChI=1S/C32HBF23/c34-2-1-3(35)13(37)8(12(2)36)33(11-24(48)30(54)32(56)31(55)25(11)49,9-14(38)4-6(16(40)22(9)46)20(44)28(52)26(50)18(4)42)10-15(39)5-7(17(41)23(10)47)21(45)29(53)27(51)19(5)43/h1H/q-1. The first-order valence-electron chi connectivity index (χ1n) is 14.1. The minimum Gasteiger partial charge on any atom is -0.210 e. The van der Waals surface area contributed by atoms with Crippen molar-refractivity contribution in [2.75, 3.05) is 0 Å². The Morgan fingerprint density at radius 1 is 0.196 bits per heavy atom. The first-order chi connectivity index (χ1) is 25.9. The molecule has 0 fully saturated rings. The average molecular weight is 833 g/mol. The van der Waals surface area contributed by atoms with Gasteiger partial charge in [-0.05, 0) is 0 Å². The van der Waals surface area contributed by atoms with Crippen LogP contribution in [0.1, 0.15) is 0 Å². The molecule has 0 spiro atoms. The van der Waals surface area contributed by atoms with Gasteiger partial charge in [0.15, 0.2) is 87.3 Å². The molecule has 56 heavy (non-hydrogen) atoms. The highest BCUT2D eigenvalue weighted by Gasteiger charge is 2.52. The van der Waals surface area contributed by atoms with Crippen LogP contribution in [0.2, 0.25) is 0 Å². The van der Waals surface area contributed by atoms with Crippen LogP contribution in [0.4, 0.5) is 101 Å². The van der Waals surface area contributed by atoms with Crippen molar-refractivity contribution in [2.24, 2.45) is 0 Å². The maximum absolute atomic E-state index is 16.8. The van der Waals surface area contributed by atoms with E-state index in [2.05, 4.69) is 0 Å². The van der Waals surface area contributed by atoms with Crippen LogP contribution in [-0.4, -0.2) is 6.15 Å². The number of benzene rings is 6. The van der Waals surface area contributed by atoms with E-state index < -0.39 is 189 Å². The van der Waals surface area contributed by atoms with Gasteiger partial charge in [0, 0.05) is 6.07 Å². The summed E-state index contributed by atoms with van der Waals surface area (Å²) in [6.45, 7) is 0. The molecule has 0 atom stereocenters. The molecule has 0 nitrogen and oxygen atoms in total.